The minimum absolute atomic E-state index is 0.144. The van der Waals surface area contributed by atoms with Crippen molar-refractivity contribution >= 4 is 5.69 Å². The van der Waals surface area contributed by atoms with Gasteiger partial charge in [0.15, 0.2) is 0 Å². The van der Waals surface area contributed by atoms with E-state index in [1.165, 1.54) is 16.8 Å². The van der Waals surface area contributed by atoms with Gasteiger partial charge in [-0.1, -0.05) is 78.9 Å². The van der Waals surface area contributed by atoms with Gasteiger partial charge in [-0.05, 0) is 23.3 Å². The van der Waals surface area contributed by atoms with Crippen molar-refractivity contribution in [2.75, 3.05) is 44.2 Å². The predicted molar refractivity (Wildman–Crippen MR) is 143 cm³/mol. The Bertz CT molecular complexity index is 1000. The van der Waals surface area contributed by atoms with E-state index in [0.29, 0.717) is 6.54 Å². The molecule has 0 unspecified atom stereocenters. The Morgan fingerprint density at radius 3 is 1.78 bits per heavy atom. The Labute approximate surface area is 214 Å². The largest absolute Gasteiger partial charge is 0.394 e. The van der Waals surface area contributed by atoms with E-state index < -0.39 is 12.2 Å². The van der Waals surface area contributed by atoms with E-state index in [1.807, 2.05) is 18.2 Å². The summed E-state index contributed by atoms with van der Waals surface area (Å²) < 4.78 is 6.31. The quantitative estimate of drug-likeness (QED) is 0.484. The Morgan fingerprint density at radius 1 is 0.722 bits per heavy atom. The zero-order chi connectivity index (χ0) is 24.7. The Morgan fingerprint density at radius 2 is 1.25 bits per heavy atom. The maximum atomic E-state index is 11.2. The van der Waals surface area contributed by atoms with E-state index in [-0.39, 0.29) is 18.8 Å². The molecule has 6 heteroatoms. The number of hydrogen-bond acceptors (Lipinski definition) is 6. The van der Waals surface area contributed by atoms with E-state index in [1.54, 1.807) is 0 Å². The first-order valence-corrected chi connectivity index (χ1v) is 13.0. The van der Waals surface area contributed by atoms with Crippen LogP contribution in [0.25, 0.3) is 0 Å². The molecule has 3 aromatic rings. The van der Waals surface area contributed by atoms with Gasteiger partial charge in [-0.3, -0.25) is 9.80 Å². The Hall–Kier alpha value is -2.74. The number of piperazine rings is 1. The monoisotopic (exact) mass is 487 g/mol. The summed E-state index contributed by atoms with van der Waals surface area (Å²) in [5, 5.41) is 21.1. The summed E-state index contributed by atoms with van der Waals surface area (Å²) in [6.07, 6.45) is -1.45. The van der Waals surface area contributed by atoms with Crippen LogP contribution in [0.4, 0.5) is 5.69 Å². The second-order valence-electron chi connectivity index (χ2n) is 9.88. The molecule has 0 radical (unpaired) electrons. The zero-order valence-corrected chi connectivity index (χ0v) is 20.8. The molecule has 0 spiro atoms. The molecule has 2 aliphatic heterocycles. The molecular weight excluding hydrogens is 450 g/mol. The molecule has 36 heavy (non-hydrogen) atoms. The number of hydrogen-bond donors (Lipinski definition) is 2. The van der Waals surface area contributed by atoms with Gasteiger partial charge in [-0.15, -0.1) is 0 Å². The molecule has 0 amide bonds. The third-order valence-electron chi connectivity index (χ3n) is 7.43. The standard InChI is InChI=1S/C30H37N3O3/c34-23-28-30(35)29(33-18-16-32(17-19-33)26-14-8-3-9-15-26)27(36-28)22-31(20-24-10-4-1-5-11-24)21-25-12-6-2-7-13-25/h1-15,27-30,34-35H,16-23H2/t27-,28+,29-,30-/m1/s1. The number of benzene rings is 3. The molecule has 0 aromatic heterocycles. The number of anilines is 1. The Balaban J connectivity index is 1.31. The van der Waals surface area contributed by atoms with E-state index in [4.69, 9.17) is 4.74 Å². The van der Waals surface area contributed by atoms with Crippen LogP contribution in [0.2, 0.25) is 0 Å². The summed E-state index contributed by atoms with van der Waals surface area (Å²) in [4.78, 5) is 7.16. The van der Waals surface area contributed by atoms with Crippen LogP contribution in [0.1, 0.15) is 11.1 Å². The number of aliphatic hydroxyl groups excluding tert-OH is 2. The molecule has 2 heterocycles. The Kier molecular flexibility index (Phi) is 8.31. The first-order valence-electron chi connectivity index (χ1n) is 13.0. The third kappa shape index (κ3) is 5.97. The number of para-hydroxylation sites is 1. The van der Waals surface area contributed by atoms with Crippen LogP contribution in [0, 0.1) is 0 Å². The lowest BCUT2D eigenvalue weighted by Gasteiger charge is -2.42. The fourth-order valence-corrected chi connectivity index (χ4v) is 5.62. The second-order valence-corrected chi connectivity index (χ2v) is 9.88. The van der Waals surface area contributed by atoms with Gasteiger partial charge in [-0.2, -0.15) is 0 Å². The molecule has 5 rings (SSSR count). The lowest BCUT2D eigenvalue weighted by molar-refractivity contribution is -0.0325. The predicted octanol–water partition coefficient (Wildman–Crippen LogP) is 3.00. The highest BCUT2D eigenvalue weighted by atomic mass is 16.5. The number of nitrogens with zero attached hydrogens (tertiary/aromatic N) is 3. The molecule has 190 valence electrons. The van der Waals surface area contributed by atoms with Crippen LogP contribution in [-0.2, 0) is 17.8 Å². The van der Waals surface area contributed by atoms with Crippen LogP contribution in [0.3, 0.4) is 0 Å². The lowest BCUT2D eigenvalue weighted by atomic mass is 10.0. The number of aliphatic hydroxyl groups is 2. The molecule has 0 bridgehead atoms. The van der Waals surface area contributed by atoms with Crippen molar-refractivity contribution in [1.29, 1.82) is 0 Å². The fraction of sp³-hybridized carbons (Fsp3) is 0.400. The molecule has 3 aromatic carbocycles. The lowest BCUT2D eigenvalue weighted by Crippen LogP contribution is -2.57. The van der Waals surface area contributed by atoms with E-state index in [9.17, 15) is 10.2 Å². The van der Waals surface area contributed by atoms with E-state index in [0.717, 1.165) is 39.3 Å². The average molecular weight is 488 g/mol. The summed E-state index contributed by atoms with van der Waals surface area (Å²) in [6.45, 7) is 5.62. The van der Waals surface area contributed by atoms with Gasteiger partial charge in [0.2, 0.25) is 0 Å². The maximum Gasteiger partial charge on any atom is 0.109 e. The molecule has 4 atom stereocenters. The minimum atomic E-state index is -0.710. The van der Waals surface area contributed by atoms with Crippen molar-refractivity contribution in [3.63, 3.8) is 0 Å². The summed E-state index contributed by atoms with van der Waals surface area (Å²) in [7, 11) is 0. The fourth-order valence-electron chi connectivity index (χ4n) is 5.62. The van der Waals surface area contributed by atoms with Gasteiger partial charge in [0.25, 0.3) is 0 Å². The van der Waals surface area contributed by atoms with Gasteiger partial charge in [0, 0.05) is 51.5 Å². The normalized spacial score (nSPS) is 24.9. The molecule has 2 N–H and O–H groups in total. The first kappa shape index (κ1) is 24.9. The van der Waals surface area contributed by atoms with Crippen molar-refractivity contribution in [1.82, 2.24) is 9.80 Å². The molecule has 6 nitrogen and oxygen atoms in total. The van der Waals surface area contributed by atoms with Crippen LogP contribution in [0.15, 0.2) is 91.0 Å². The van der Waals surface area contributed by atoms with Crippen LogP contribution in [0.5, 0.6) is 0 Å². The first-order chi connectivity index (χ1) is 17.7. The van der Waals surface area contributed by atoms with Crippen molar-refractivity contribution in [2.24, 2.45) is 0 Å². The van der Waals surface area contributed by atoms with Crippen molar-refractivity contribution in [3.05, 3.63) is 102 Å². The summed E-state index contributed by atoms with van der Waals surface area (Å²) in [6, 6.07) is 31.3. The summed E-state index contributed by atoms with van der Waals surface area (Å²) >= 11 is 0. The van der Waals surface area contributed by atoms with Gasteiger partial charge in [0.1, 0.15) is 12.2 Å². The molecule has 0 aliphatic carbocycles. The van der Waals surface area contributed by atoms with Crippen LogP contribution < -0.4 is 4.90 Å². The molecule has 0 saturated carbocycles. The van der Waals surface area contributed by atoms with Crippen molar-refractivity contribution in [2.45, 2.75) is 37.4 Å². The number of ether oxygens (including phenoxy) is 1. The van der Waals surface area contributed by atoms with E-state index in [2.05, 4.69) is 87.5 Å². The van der Waals surface area contributed by atoms with Crippen molar-refractivity contribution in [3.8, 4) is 0 Å². The smallest absolute Gasteiger partial charge is 0.109 e. The van der Waals surface area contributed by atoms with Gasteiger partial charge < -0.3 is 19.8 Å². The summed E-state index contributed by atoms with van der Waals surface area (Å²) in [5.74, 6) is 0. The highest BCUT2D eigenvalue weighted by Gasteiger charge is 2.47. The molecule has 2 saturated heterocycles. The third-order valence-corrected chi connectivity index (χ3v) is 7.43. The number of rotatable bonds is 9. The summed E-state index contributed by atoms with van der Waals surface area (Å²) in [5.41, 5.74) is 3.74. The topological polar surface area (TPSA) is 59.4 Å². The SMILES string of the molecule is OC[C@@H]1O[C@H](CN(Cc2ccccc2)Cc2ccccc2)[C@@H](N2CCN(c3ccccc3)CC2)[C@@H]1O. The van der Waals surface area contributed by atoms with Crippen molar-refractivity contribution < 1.29 is 14.9 Å². The maximum absolute atomic E-state index is 11.2. The second kappa shape index (κ2) is 12.0. The molecule has 2 fully saturated rings. The van der Waals surface area contributed by atoms with Crippen LogP contribution >= 0.6 is 0 Å². The molecule has 2 aliphatic rings. The minimum Gasteiger partial charge on any atom is -0.394 e. The van der Waals surface area contributed by atoms with Gasteiger partial charge in [0.05, 0.1) is 18.8 Å². The van der Waals surface area contributed by atoms with Crippen LogP contribution in [-0.4, -0.2) is 83.7 Å². The van der Waals surface area contributed by atoms with Gasteiger partial charge >= 0.3 is 0 Å². The average Bonchev–Trinajstić information content (AvgIpc) is 3.25. The highest BCUT2D eigenvalue weighted by molar-refractivity contribution is 5.46. The van der Waals surface area contributed by atoms with Gasteiger partial charge in [-0.25, -0.2) is 0 Å². The zero-order valence-electron chi connectivity index (χ0n) is 20.8. The molecular formula is C30H37N3O3. The highest BCUT2D eigenvalue weighted by Crippen LogP contribution is 2.29. The van der Waals surface area contributed by atoms with E-state index >= 15 is 0 Å².